The van der Waals surface area contributed by atoms with Crippen molar-refractivity contribution in [3.8, 4) is 27.9 Å². The molecule has 162 valence electrons. The van der Waals surface area contributed by atoms with Crippen LogP contribution in [0, 0.1) is 0 Å². The summed E-state index contributed by atoms with van der Waals surface area (Å²) in [6.07, 6.45) is 0. The summed E-state index contributed by atoms with van der Waals surface area (Å²) in [7, 11) is -1.51. The van der Waals surface area contributed by atoms with Crippen LogP contribution < -0.4 is 5.46 Å². The number of rotatable bonds is 4. The van der Waals surface area contributed by atoms with E-state index < -0.39 is 7.12 Å². The van der Waals surface area contributed by atoms with Crippen LogP contribution in [-0.4, -0.2) is 21.7 Å². The van der Waals surface area contributed by atoms with E-state index in [1.54, 1.807) is 6.07 Å². The maximum absolute atomic E-state index is 9.74. The summed E-state index contributed by atoms with van der Waals surface area (Å²) in [4.78, 5) is 0. The topological polar surface area (TPSA) is 45.4 Å². The minimum Gasteiger partial charge on any atom is -0.423 e. The zero-order chi connectivity index (χ0) is 23.1. The Morgan fingerprint density at radius 1 is 0.471 bits per heavy atom. The molecule has 4 heteroatoms. The lowest BCUT2D eigenvalue weighted by Crippen LogP contribution is -2.29. The summed E-state index contributed by atoms with van der Waals surface area (Å²) >= 11 is 0. The summed E-state index contributed by atoms with van der Waals surface area (Å²) in [5.41, 5.74) is 8.19. The number of nitrogens with zero attached hydrogens (tertiary/aromatic N) is 1. The minimum absolute atomic E-state index is 0.467. The van der Waals surface area contributed by atoms with Crippen molar-refractivity contribution >= 4 is 34.4 Å². The zero-order valence-electron chi connectivity index (χ0n) is 18.5. The fraction of sp³-hybridized carbons (Fsp3) is 0. The molecule has 5 aromatic carbocycles. The van der Waals surface area contributed by atoms with Crippen molar-refractivity contribution in [2.75, 3.05) is 0 Å². The van der Waals surface area contributed by atoms with Crippen LogP contribution in [0.4, 0.5) is 0 Å². The number of aromatic nitrogens is 1. The first-order valence-corrected chi connectivity index (χ1v) is 11.3. The average Bonchev–Trinajstić information content (AvgIpc) is 3.23. The van der Waals surface area contributed by atoms with Crippen molar-refractivity contribution in [1.29, 1.82) is 0 Å². The molecule has 0 aliphatic carbocycles. The lowest BCUT2D eigenvalue weighted by Gasteiger charge is -2.10. The molecule has 0 unspecified atom stereocenters. The molecule has 0 spiro atoms. The van der Waals surface area contributed by atoms with Gasteiger partial charge in [0.05, 0.1) is 11.0 Å². The number of hydrogen-bond donors (Lipinski definition) is 2. The van der Waals surface area contributed by atoms with E-state index in [1.807, 2.05) is 30.3 Å². The number of hydrogen-bond acceptors (Lipinski definition) is 2. The van der Waals surface area contributed by atoms with Gasteiger partial charge in [-0.2, -0.15) is 0 Å². The van der Waals surface area contributed by atoms with Crippen LogP contribution in [0.15, 0.2) is 121 Å². The highest BCUT2D eigenvalue weighted by Crippen LogP contribution is 2.36. The van der Waals surface area contributed by atoms with E-state index in [1.165, 1.54) is 11.1 Å². The smallest absolute Gasteiger partial charge is 0.423 e. The van der Waals surface area contributed by atoms with Gasteiger partial charge in [-0.25, -0.2) is 0 Å². The van der Waals surface area contributed by atoms with Crippen molar-refractivity contribution in [2.45, 2.75) is 0 Å². The highest BCUT2D eigenvalue weighted by molar-refractivity contribution is 6.58. The summed E-state index contributed by atoms with van der Waals surface area (Å²) in [6.45, 7) is 0. The molecule has 3 nitrogen and oxygen atoms in total. The molecule has 1 heterocycles. The Hall–Kier alpha value is -4.12. The Kier molecular flexibility index (Phi) is 5.03. The molecule has 0 aliphatic heterocycles. The monoisotopic (exact) mass is 439 g/mol. The molecule has 0 amide bonds. The van der Waals surface area contributed by atoms with Crippen molar-refractivity contribution in [3.63, 3.8) is 0 Å². The van der Waals surface area contributed by atoms with Gasteiger partial charge in [-0.1, -0.05) is 84.9 Å². The van der Waals surface area contributed by atoms with Gasteiger partial charge in [0.2, 0.25) is 0 Å². The van der Waals surface area contributed by atoms with Crippen LogP contribution in [0.3, 0.4) is 0 Å². The van der Waals surface area contributed by atoms with Gasteiger partial charge >= 0.3 is 7.12 Å². The van der Waals surface area contributed by atoms with E-state index in [-0.39, 0.29) is 0 Å². The third-order valence-corrected chi connectivity index (χ3v) is 6.41. The molecule has 0 bridgehead atoms. The first-order chi connectivity index (χ1) is 16.7. The molecule has 6 aromatic rings. The lowest BCUT2D eigenvalue weighted by atomic mass is 9.80. The summed E-state index contributed by atoms with van der Waals surface area (Å²) in [5, 5.41) is 21.8. The quantitative estimate of drug-likeness (QED) is 0.341. The van der Waals surface area contributed by atoms with Crippen molar-refractivity contribution in [1.82, 2.24) is 4.57 Å². The van der Waals surface area contributed by atoms with Gasteiger partial charge in [-0.15, -0.1) is 0 Å². The predicted molar refractivity (Wildman–Crippen MR) is 141 cm³/mol. The third kappa shape index (κ3) is 3.50. The van der Waals surface area contributed by atoms with Gasteiger partial charge < -0.3 is 14.6 Å². The summed E-state index contributed by atoms with van der Waals surface area (Å²) in [5.74, 6) is 0. The van der Waals surface area contributed by atoms with E-state index in [0.717, 1.165) is 38.6 Å². The fourth-order valence-electron chi connectivity index (χ4n) is 4.75. The normalized spacial score (nSPS) is 11.2. The first-order valence-electron chi connectivity index (χ1n) is 11.3. The fourth-order valence-corrected chi connectivity index (χ4v) is 4.75. The van der Waals surface area contributed by atoms with Crippen LogP contribution in [0.5, 0.6) is 0 Å². The van der Waals surface area contributed by atoms with E-state index in [2.05, 4.69) is 89.5 Å². The molecule has 6 rings (SSSR count). The highest BCUT2D eigenvalue weighted by Gasteiger charge is 2.17. The Balaban J connectivity index is 1.66. The molecule has 0 saturated heterocycles. The molecular weight excluding hydrogens is 417 g/mol. The molecule has 0 aliphatic rings. The predicted octanol–water partition coefficient (Wildman–Crippen LogP) is 5.80. The van der Waals surface area contributed by atoms with E-state index >= 15 is 0 Å². The summed E-state index contributed by atoms with van der Waals surface area (Å²) < 4.78 is 2.19. The van der Waals surface area contributed by atoms with Gasteiger partial charge in [0.15, 0.2) is 0 Å². The van der Waals surface area contributed by atoms with Gasteiger partial charge in [0.1, 0.15) is 0 Å². The molecule has 0 saturated carbocycles. The SMILES string of the molecule is OB(O)c1cccc(-n2c3ccc(-c4ccccc4)cc3c3cc(-c4ccccc4)ccc32)c1. The number of fused-ring (bicyclic) bond motifs is 3. The maximum atomic E-state index is 9.74. The van der Waals surface area contributed by atoms with E-state index in [0.29, 0.717) is 5.46 Å². The van der Waals surface area contributed by atoms with Gasteiger partial charge in [-0.3, -0.25) is 0 Å². The van der Waals surface area contributed by atoms with Gasteiger partial charge in [0.25, 0.3) is 0 Å². The second-order valence-electron chi connectivity index (χ2n) is 8.50. The standard InChI is InChI=1S/C30H22BNO2/c33-31(34)25-12-7-13-26(20-25)32-29-16-14-23(21-8-3-1-4-9-21)18-27(29)28-19-24(15-17-30(28)32)22-10-5-2-6-11-22/h1-20,33-34H. The molecular formula is C30H22BNO2. The van der Waals surface area contributed by atoms with Crippen LogP contribution in [0.2, 0.25) is 0 Å². The zero-order valence-corrected chi connectivity index (χ0v) is 18.5. The summed E-state index contributed by atoms with van der Waals surface area (Å²) in [6, 6.07) is 41.3. The molecule has 0 fully saturated rings. The molecule has 34 heavy (non-hydrogen) atoms. The van der Waals surface area contributed by atoms with E-state index in [9.17, 15) is 10.0 Å². The maximum Gasteiger partial charge on any atom is 0.488 e. The van der Waals surface area contributed by atoms with Crippen molar-refractivity contribution in [3.05, 3.63) is 121 Å². The third-order valence-electron chi connectivity index (χ3n) is 6.41. The van der Waals surface area contributed by atoms with Crippen LogP contribution in [-0.2, 0) is 0 Å². The van der Waals surface area contributed by atoms with Gasteiger partial charge in [-0.05, 0) is 64.1 Å². The molecule has 0 atom stereocenters. The van der Waals surface area contributed by atoms with E-state index in [4.69, 9.17) is 0 Å². The average molecular weight is 439 g/mol. The molecule has 0 radical (unpaired) electrons. The van der Waals surface area contributed by atoms with Crippen LogP contribution in [0.25, 0.3) is 49.7 Å². The Labute approximate surface area is 198 Å². The molecule has 1 aromatic heterocycles. The second-order valence-corrected chi connectivity index (χ2v) is 8.50. The van der Waals surface area contributed by atoms with Crippen molar-refractivity contribution in [2.24, 2.45) is 0 Å². The highest BCUT2D eigenvalue weighted by atomic mass is 16.4. The van der Waals surface area contributed by atoms with Gasteiger partial charge in [0, 0.05) is 16.5 Å². The minimum atomic E-state index is -1.51. The Morgan fingerprint density at radius 3 is 1.50 bits per heavy atom. The number of benzene rings is 5. The van der Waals surface area contributed by atoms with Crippen molar-refractivity contribution < 1.29 is 10.0 Å². The Morgan fingerprint density at radius 2 is 1.00 bits per heavy atom. The lowest BCUT2D eigenvalue weighted by molar-refractivity contribution is 0.426. The largest absolute Gasteiger partial charge is 0.488 e. The van der Waals surface area contributed by atoms with Crippen LogP contribution >= 0.6 is 0 Å². The second kappa shape index (κ2) is 8.34. The van der Waals surface area contributed by atoms with Crippen LogP contribution in [0.1, 0.15) is 0 Å². The Bertz CT molecular complexity index is 1530. The first kappa shape index (κ1) is 20.5. The molecule has 2 N–H and O–H groups in total.